The second-order valence-corrected chi connectivity index (χ2v) is 9.13. The van der Waals surface area contributed by atoms with Crippen molar-refractivity contribution in [3.05, 3.63) is 64.3 Å². The van der Waals surface area contributed by atoms with E-state index in [2.05, 4.69) is 21.7 Å². The number of rotatable bonds is 8. The molecule has 1 fully saturated rings. The molecule has 1 saturated carbocycles. The predicted octanol–water partition coefficient (Wildman–Crippen LogP) is 5.76. The summed E-state index contributed by atoms with van der Waals surface area (Å²) in [5, 5.41) is 17.5. The third-order valence-electron chi connectivity index (χ3n) is 6.35. The van der Waals surface area contributed by atoms with E-state index < -0.39 is 0 Å². The third kappa shape index (κ3) is 5.78. The van der Waals surface area contributed by atoms with Gasteiger partial charge in [-0.2, -0.15) is 5.26 Å². The maximum atomic E-state index is 12.6. The van der Waals surface area contributed by atoms with Gasteiger partial charge >= 0.3 is 0 Å². The molecule has 4 rings (SSSR count). The summed E-state index contributed by atoms with van der Waals surface area (Å²) in [6, 6.07) is 13.6. The smallest absolute Gasteiger partial charge is 0.220 e. The second kappa shape index (κ2) is 11.2. The lowest BCUT2D eigenvalue weighted by atomic mass is 9.95. The number of fused-ring (bicyclic) bond motifs is 1. The van der Waals surface area contributed by atoms with E-state index in [1.54, 1.807) is 13.2 Å². The number of aryl methyl sites for hydroxylation is 1. The van der Waals surface area contributed by atoms with Gasteiger partial charge in [0.1, 0.15) is 5.75 Å². The highest BCUT2D eigenvalue weighted by atomic mass is 35.5. The van der Waals surface area contributed by atoms with E-state index in [0.29, 0.717) is 41.8 Å². The molecule has 3 aromatic rings. The molecular formula is C27H29ClN4O2. The molecule has 0 bridgehead atoms. The van der Waals surface area contributed by atoms with Gasteiger partial charge in [0.2, 0.25) is 5.91 Å². The zero-order valence-corrected chi connectivity index (χ0v) is 20.1. The summed E-state index contributed by atoms with van der Waals surface area (Å²) >= 11 is 6.30. The first-order valence-electron chi connectivity index (χ1n) is 11.7. The molecule has 1 aliphatic rings. The number of pyridine rings is 1. The number of halogens is 1. The van der Waals surface area contributed by atoms with Gasteiger partial charge in [-0.3, -0.25) is 9.78 Å². The number of hydrogen-bond acceptors (Lipinski definition) is 5. The Hall–Kier alpha value is -3.30. The molecule has 2 aromatic carbocycles. The first-order valence-corrected chi connectivity index (χ1v) is 12.1. The molecule has 0 aliphatic heterocycles. The Morgan fingerprint density at radius 1 is 1.21 bits per heavy atom. The van der Waals surface area contributed by atoms with E-state index in [9.17, 15) is 10.1 Å². The molecule has 1 heterocycles. The molecule has 176 valence electrons. The van der Waals surface area contributed by atoms with Crippen LogP contribution in [0.4, 0.5) is 5.69 Å². The van der Waals surface area contributed by atoms with Gasteiger partial charge in [0.05, 0.1) is 29.3 Å². The van der Waals surface area contributed by atoms with Gasteiger partial charge in [0.25, 0.3) is 0 Å². The summed E-state index contributed by atoms with van der Waals surface area (Å²) in [6.45, 7) is 0.529. The molecule has 1 aliphatic carbocycles. The Balaban J connectivity index is 1.55. The summed E-state index contributed by atoms with van der Waals surface area (Å²) in [4.78, 5) is 17.2. The van der Waals surface area contributed by atoms with Crippen LogP contribution in [0.3, 0.4) is 0 Å². The molecule has 0 saturated heterocycles. The van der Waals surface area contributed by atoms with Crippen LogP contribution in [0, 0.1) is 11.3 Å². The SMILES string of the molecule is COc1ccc(CNc2c(CCC(=O)NC3CCCCC3)cnc3ccc(C#N)cc23)cc1Cl. The number of nitriles is 1. The normalized spacial score (nSPS) is 13.9. The van der Waals surface area contributed by atoms with Crippen molar-refractivity contribution in [2.45, 2.75) is 57.5 Å². The Morgan fingerprint density at radius 3 is 2.76 bits per heavy atom. The van der Waals surface area contributed by atoms with Crippen LogP contribution in [0.15, 0.2) is 42.6 Å². The molecule has 0 unspecified atom stereocenters. The summed E-state index contributed by atoms with van der Waals surface area (Å²) in [5.41, 5.74) is 4.19. The van der Waals surface area contributed by atoms with E-state index >= 15 is 0 Å². The molecule has 7 heteroatoms. The van der Waals surface area contributed by atoms with Crippen molar-refractivity contribution in [3.8, 4) is 11.8 Å². The zero-order valence-electron chi connectivity index (χ0n) is 19.4. The number of nitrogens with zero attached hydrogens (tertiary/aromatic N) is 2. The van der Waals surface area contributed by atoms with Crippen LogP contribution in [0.2, 0.25) is 5.02 Å². The van der Waals surface area contributed by atoms with Crippen LogP contribution in [0.1, 0.15) is 55.2 Å². The summed E-state index contributed by atoms with van der Waals surface area (Å²) in [7, 11) is 1.59. The predicted molar refractivity (Wildman–Crippen MR) is 135 cm³/mol. The first-order chi connectivity index (χ1) is 16.6. The fourth-order valence-corrected chi connectivity index (χ4v) is 4.79. The lowest BCUT2D eigenvalue weighted by Gasteiger charge is -2.23. The van der Waals surface area contributed by atoms with Crippen LogP contribution in [-0.4, -0.2) is 24.0 Å². The molecule has 0 atom stereocenters. The highest BCUT2D eigenvalue weighted by molar-refractivity contribution is 6.32. The molecule has 6 nitrogen and oxygen atoms in total. The van der Waals surface area contributed by atoms with Crippen LogP contribution in [0.5, 0.6) is 5.75 Å². The fraction of sp³-hybridized carbons (Fsp3) is 0.370. The van der Waals surface area contributed by atoms with Gasteiger partial charge in [-0.15, -0.1) is 0 Å². The zero-order chi connectivity index (χ0) is 23.9. The standard InChI is InChI=1S/C27H29ClN4O2/c1-34-25-11-8-19(14-23(25)28)16-31-27-20(9-12-26(33)32-21-5-3-2-4-6-21)17-30-24-10-7-18(15-29)13-22(24)27/h7-8,10-11,13-14,17,21H,2-6,9,12,16H2,1H3,(H,30,31)(H,32,33). The van der Waals surface area contributed by atoms with Gasteiger partial charge in [-0.05, 0) is 60.7 Å². The number of carbonyl (C=O) groups is 1. The molecule has 0 spiro atoms. The van der Waals surface area contributed by atoms with Gasteiger partial charge < -0.3 is 15.4 Å². The maximum absolute atomic E-state index is 12.6. The number of hydrogen-bond donors (Lipinski definition) is 2. The monoisotopic (exact) mass is 476 g/mol. The number of ether oxygens (including phenoxy) is 1. The van der Waals surface area contributed by atoms with Crippen LogP contribution < -0.4 is 15.4 Å². The van der Waals surface area contributed by atoms with Gasteiger partial charge in [0, 0.05) is 36.3 Å². The second-order valence-electron chi connectivity index (χ2n) is 8.73. The fourth-order valence-electron chi connectivity index (χ4n) is 4.51. The van der Waals surface area contributed by atoms with E-state index in [-0.39, 0.29) is 5.91 Å². The number of amides is 1. The summed E-state index contributed by atoms with van der Waals surface area (Å²) in [6.07, 6.45) is 8.54. The first kappa shape index (κ1) is 23.8. The molecule has 34 heavy (non-hydrogen) atoms. The van der Waals surface area contributed by atoms with E-state index in [1.807, 2.05) is 36.5 Å². The molecule has 1 amide bonds. The Morgan fingerprint density at radius 2 is 2.03 bits per heavy atom. The van der Waals surface area contributed by atoms with Gasteiger partial charge in [-0.1, -0.05) is 36.9 Å². The Kier molecular flexibility index (Phi) is 7.87. The molecule has 1 aromatic heterocycles. The average molecular weight is 477 g/mol. The lowest BCUT2D eigenvalue weighted by molar-refractivity contribution is -0.121. The highest BCUT2D eigenvalue weighted by Gasteiger charge is 2.17. The van der Waals surface area contributed by atoms with Gasteiger partial charge in [-0.25, -0.2) is 0 Å². The topological polar surface area (TPSA) is 87.0 Å². The average Bonchev–Trinajstić information content (AvgIpc) is 2.86. The third-order valence-corrected chi connectivity index (χ3v) is 6.65. The number of carbonyl (C=O) groups excluding carboxylic acids is 1. The van der Waals surface area contributed by atoms with Crippen molar-refractivity contribution in [2.24, 2.45) is 0 Å². The summed E-state index contributed by atoms with van der Waals surface area (Å²) in [5.74, 6) is 0.703. The van der Waals surface area contributed by atoms with Crippen molar-refractivity contribution >= 4 is 34.1 Å². The van der Waals surface area contributed by atoms with Crippen molar-refractivity contribution < 1.29 is 9.53 Å². The van der Waals surface area contributed by atoms with Crippen molar-refractivity contribution in [1.29, 1.82) is 5.26 Å². The van der Waals surface area contributed by atoms with Crippen molar-refractivity contribution in [1.82, 2.24) is 10.3 Å². The minimum atomic E-state index is 0.0747. The van der Waals surface area contributed by atoms with Crippen LogP contribution in [-0.2, 0) is 17.8 Å². The number of aromatic nitrogens is 1. The number of benzene rings is 2. The number of nitrogens with one attached hydrogen (secondary N) is 2. The number of anilines is 1. The minimum absolute atomic E-state index is 0.0747. The maximum Gasteiger partial charge on any atom is 0.220 e. The quantitative estimate of drug-likeness (QED) is 0.431. The van der Waals surface area contributed by atoms with Crippen molar-refractivity contribution in [2.75, 3.05) is 12.4 Å². The highest BCUT2D eigenvalue weighted by Crippen LogP contribution is 2.30. The van der Waals surface area contributed by atoms with Gasteiger partial charge in [0.15, 0.2) is 0 Å². The minimum Gasteiger partial charge on any atom is -0.495 e. The Bertz CT molecular complexity index is 1220. The van der Waals surface area contributed by atoms with Crippen LogP contribution in [0.25, 0.3) is 10.9 Å². The Labute approximate surface area is 205 Å². The number of methoxy groups -OCH3 is 1. The van der Waals surface area contributed by atoms with Crippen molar-refractivity contribution in [3.63, 3.8) is 0 Å². The molecule has 2 N–H and O–H groups in total. The van der Waals surface area contributed by atoms with E-state index in [1.165, 1.54) is 19.3 Å². The largest absolute Gasteiger partial charge is 0.495 e. The van der Waals surface area contributed by atoms with Crippen LogP contribution >= 0.6 is 11.6 Å². The molecule has 0 radical (unpaired) electrons. The molecular weight excluding hydrogens is 448 g/mol. The van der Waals surface area contributed by atoms with E-state index in [0.717, 1.165) is 40.6 Å². The van der Waals surface area contributed by atoms with E-state index in [4.69, 9.17) is 16.3 Å². The summed E-state index contributed by atoms with van der Waals surface area (Å²) < 4.78 is 5.24. The lowest BCUT2D eigenvalue weighted by Crippen LogP contribution is -2.36.